The van der Waals surface area contributed by atoms with Gasteiger partial charge in [0.2, 0.25) is 0 Å². The lowest BCUT2D eigenvalue weighted by Gasteiger charge is -2.22. The Morgan fingerprint density at radius 3 is 2.92 bits per heavy atom. The fraction of sp³-hybridized carbons (Fsp3) is 0.316. The molecule has 2 aromatic carbocycles. The molecule has 2 fully saturated rings. The van der Waals surface area contributed by atoms with Gasteiger partial charge in [-0.15, -0.1) is 0 Å². The summed E-state index contributed by atoms with van der Waals surface area (Å²) < 4.78 is 15.1. The maximum Gasteiger partial charge on any atom is 0.250 e. The first-order valence-corrected chi connectivity index (χ1v) is 8.64. The van der Waals surface area contributed by atoms with Crippen LogP contribution >= 0.6 is 0 Å². The number of H-pyrrole nitrogens is 1. The largest absolute Gasteiger partial charge is 0.367 e. The Kier molecular flexibility index (Phi) is 3.06. The van der Waals surface area contributed by atoms with Gasteiger partial charge in [-0.2, -0.15) is 0 Å². The molecule has 0 saturated carbocycles. The van der Waals surface area contributed by atoms with Crippen LogP contribution in [0.1, 0.15) is 16.8 Å². The van der Waals surface area contributed by atoms with Crippen molar-refractivity contribution in [3.8, 4) is 0 Å². The van der Waals surface area contributed by atoms with E-state index in [-0.39, 0.29) is 11.4 Å². The molecule has 5 rings (SSSR count). The van der Waals surface area contributed by atoms with Crippen LogP contribution < -0.4 is 16.0 Å². The lowest BCUT2D eigenvalue weighted by Crippen LogP contribution is -2.30. The number of rotatable bonds is 2. The van der Waals surface area contributed by atoms with E-state index < -0.39 is 5.91 Å². The first-order valence-electron chi connectivity index (χ1n) is 8.64. The molecule has 25 heavy (non-hydrogen) atoms. The van der Waals surface area contributed by atoms with Crippen molar-refractivity contribution in [2.75, 3.05) is 24.5 Å². The second-order valence-corrected chi connectivity index (χ2v) is 7.05. The first-order chi connectivity index (χ1) is 12.1. The molecule has 3 aromatic rings. The number of nitrogens with zero attached hydrogens (tertiary/aromatic N) is 1. The molecule has 0 bridgehead atoms. The van der Waals surface area contributed by atoms with Crippen molar-refractivity contribution in [3.63, 3.8) is 0 Å². The van der Waals surface area contributed by atoms with Gasteiger partial charge in [-0.1, -0.05) is 18.2 Å². The van der Waals surface area contributed by atoms with Crippen LogP contribution in [-0.4, -0.2) is 36.6 Å². The average molecular weight is 338 g/mol. The number of para-hydroxylation sites is 1. The average Bonchev–Trinajstić information content (AvgIpc) is 3.26. The number of aromatic amines is 1. The van der Waals surface area contributed by atoms with Gasteiger partial charge in [0.15, 0.2) is 0 Å². The molecule has 3 heterocycles. The summed E-state index contributed by atoms with van der Waals surface area (Å²) in [5.74, 6) is -0.455. The zero-order valence-corrected chi connectivity index (χ0v) is 13.7. The number of primary amides is 1. The molecule has 4 N–H and O–H groups in total. The highest BCUT2D eigenvalue weighted by Crippen LogP contribution is 2.40. The van der Waals surface area contributed by atoms with E-state index in [0.29, 0.717) is 23.2 Å². The lowest BCUT2D eigenvalue weighted by atomic mass is 10.0. The number of benzene rings is 2. The van der Waals surface area contributed by atoms with E-state index in [4.69, 9.17) is 5.73 Å². The Morgan fingerprint density at radius 2 is 2.12 bits per heavy atom. The third-order valence-corrected chi connectivity index (χ3v) is 5.65. The van der Waals surface area contributed by atoms with Gasteiger partial charge in [0, 0.05) is 35.4 Å². The Bertz CT molecular complexity index is 999. The molecule has 0 unspecified atom stereocenters. The Balaban J connectivity index is 1.79. The van der Waals surface area contributed by atoms with Crippen molar-refractivity contribution >= 4 is 33.4 Å². The quantitative estimate of drug-likeness (QED) is 0.671. The molecular formula is C19H19FN4O. The normalized spacial score (nSPS) is 22.8. The molecule has 0 spiro atoms. The number of halogens is 1. The molecule has 2 saturated heterocycles. The van der Waals surface area contributed by atoms with Crippen molar-refractivity contribution in [1.29, 1.82) is 0 Å². The number of fused-ring (bicyclic) bond motifs is 4. The molecule has 2 aliphatic heterocycles. The molecule has 6 heteroatoms. The van der Waals surface area contributed by atoms with E-state index in [2.05, 4.69) is 15.2 Å². The summed E-state index contributed by atoms with van der Waals surface area (Å²) in [4.78, 5) is 17.2. The van der Waals surface area contributed by atoms with Crippen molar-refractivity contribution in [1.82, 2.24) is 10.3 Å². The van der Waals surface area contributed by atoms with Gasteiger partial charge in [0.1, 0.15) is 5.82 Å². The highest BCUT2D eigenvalue weighted by Gasteiger charge is 2.38. The number of hydrogen-bond donors (Lipinski definition) is 3. The molecule has 5 nitrogen and oxygen atoms in total. The van der Waals surface area contributed by atoms with Crippen molar-refractivity contribution in [2.24, 2.45) is 11.7 Å². The predicted molar refractivity (Wildman–Crippen MR) is 96.4 cm³/mol. The maximum atomic E-state index is 15.1. The van der Waals surface area contributed by atoms with Crippen LogP contribution in [0.2, 0.25) is 0 Å². The molecule has 1 aromatic heterocycles. The molecule has 1 amide bonds. The summed E-state index contributed by atoms with van der Waals surface area (Å²) >= 11 is 0. The molecule has 2 atom stereocenters. The van der Waals surface area contributed by atoms with Crippen LogP contribution in [0.25, 0.3) is 21.8 Å². The van der Waals surface area contributed by atoms with E-state index in [0.717, 1.165) is 42.3 Å². The zero-order valence-electron chi connectivity index (χ0n) is 13.7. The van der Waals surface area contributed by atoms with Gasteiger partial charge in [-0.05, 0) is 31.0 Å². The Labute approximate surface area is 144 Å². The summed E-state index contributed by atoms with van der Waals surface area (Å²) in [6.45, 7) is 2.65. The van der Waals surface area contributed by atoms with E-state index in [1.807, 2.05) is 24.3 Å². The number of nitrogens with one attached hydrogen (secondary N) is 2. The minimum Gasteiger partial charge on any atom is -0.367 e. The van der Waals surface area contributed by atoms with E-state index in [9.17, 15) is 4.79 Å². The fourth-order valence-corrected chi connectivity index (χ4v) is 4.51. The number of amides is 1. The van der Waals surface area contributed by atoms with Crippen LogP contribution in [0.15, 0.2) is 30.3 Å². The van der Waals surface area contributed by atoms with E-state index >= 15 is 4.39 Å². The van der Waals surface area contributed by atoms with Crippen molar-refractivity contribution in [3.05, 3.63) is 41.7 Å². The minimum absolute atomic E-state index is 0.199. The smallest absolute Gasteiger partial charge is 0.250 e. The molecule has 0 radical (unpaired) electrons. The Hall–Kier alpha value is -2.60. The number of carbonyl (C=O) groups excluding carboxylic acids is 1. The minimum atomic E-state index is -0.623. The van der Waals surface area contributed by atoms with E-state index in [1.54, 1.807) is 0 Å². The highest BCUT2D eigenvalue weighted by molar-refractivity contribution is 6.19. The van der Waals surface area contributed by atoms with Gasteiger partial charge >= 0.3 is 0 Å². The lowest BCUT2D eigenvalue weighted by molar-refractivity contribution is 0.100. The number of nitrogens with two attached hydrogens (primary N) is 1. The van der Waals surface area contributed by atoms with Gasteiger partial charge in [-0.25, -0.2) is 4.39 Å². The summed E-state index contributed by atoms with van der Waals surface area (Å²) in [5, 5.41) is 5.17. The Morgan fingerprint density at radius 1 is 1.28 bits per heavy atom. The zero-order chi connectivity index (χ0) is 17.1. The monoisotopic (exact) mass is 338 g/mol. The first kappa shape index (κ1) is 14.7. The van der Waals surface area contributed by atoms with Crippen LogP contribution in [0.4, 0.5) is 10.1 Å². The number of aromatic nitrogens is 1. The molecule has 128 valence electrons. The van der Waals surface area contributed by atoms with Gasteiger partial charge < -0.3 is 20.9 Å². The standard InChI is InChI=1S/C19H19FN4O/c20-13-7-12(19(21)25)17-16(11-3-1-2-4-14(11)23-17)18(13)24-8-10-5-6-22-15(10)9-24/h1-4,7,10,15,22-23H,5-6,8-9H2,(H2,21,25)/t10-,15+/m0/s1. The van der Waals surface area contributed by atoms with Gasteiger partial charge in [-0.3, -0.25) is 4.79 Å². The van der Waals surface area contributed by atoms with Crippen molar-refractivity contribution < 1.29 is 9.18 Å². The summed E-state index contributed by atoms with van der Waals surface area (Å²) in [6, 6.07) is 9.42. The van der Waals surface area contributed by atoms with Crippen LogP contribution in [0, 0.1) is 11.7 Å². The molecule has 2 aliphatic rings. The van der Waals surface area contributed by atoms with Crippen LogP contribution in [0.3, 0.4) is 0 Å². The van der Waals surface area contributed by atoms with Crippen LogP contribution in [-0.2, 0) is 0 Å². The molecular weight excluding hydrogens is 319 g/mol. The van der Waals surface area contributed by atoms with E-state index in [1.165, 1.54) is 6.07 Å². The second kappa shape index (κ2) is 5.20. The van der Waals surface area contributed by atoms with Gasteiger partial charge in [0.25, 0.3) is 5.91 Å². The van der Waals surface area contributed by atoms with Crippen molar-refractivity contribution in [2.45, 2.75) is 12.5 Å². The molecule has 0 aliphatic carbocycles. The topological polar surface area (TPSA) is 74.2 Å². The van der Waals surface area contributed by atoms with Crippen LogP contribution in [0.5, 0.6) is 0 Å². The predicted octanol–water partition coefficient (Wildman–Crippen LogP) is 2.36. The summed E-state index contributed by atoms with van der Waals surface area (Å²) in [5.41, 5.74) is 7.78. The van der Waals surface area contributed by atoms with Gasteiger partial charge in [0.05, 0.1) is 16.8 Å². The third kappa shape index (κ3) is 2.07. The number of carbonyl (C=O) groups is 1. The fourth-order valence-electron chi connectivity index (χ4n) is 4.51. The number of hydrogen-bond acceptors (Lipinski definition) is 3. The third-order valence-electron chi connectivity index (χ3n) is 5.65. The maximum absolute atomic E-state index is 15.1. The number of anilines is 1. The summed E-state index contributed by atoms with van der Waals surface area (Å²) in [6.07, 6.45) is 1.12. The second-order valence-electron chi connectivity index (χ2n) is 7.05. The highest BCUT2D eigenvalue weighted by atomic mass is 19.1. The SMILES string of the molecule is NC(=O)c1cc(F)c(N2C[C@@H]3CCN[C@@H]3C2)c2c1[nH]c1ccccc12. The summed E-state index contributed by atoms with van der Waals surface area (Å²) in [7, 11) is 0.